The maximum Gasteiger partial charge on any atom is 0.120 e. The first-order chi connectivity index (χ1) is 7.22. The molecule has 0 unspecified atom stereocenters. The monoisotopic (exact) mass is 224 g/mol. The molecule has 0 heterocycles. The van der Waals surface area contributed by atoms with Crippen LogP contribution < -0.4 is 4.74 Å². The Morgan fingerprint density at radius 3 is 2.80 bits per heavy atom. The fraction of sp³-hybridized carbons (Fsp3) is 0.538. The summed E-state index contributed by atoms with van der Waals surface area (Å²) in [7, 11) is 0. The van der Waals surface area contributed by atoms with E-state index in [1.807, 2.05) is 17.8 Å². The van der Waals surface area contributed by atoms with Crippen LogP contribution >= 0.6 is 11.8 Å². The summed E-state index contributed by atoms with van der Waals surface area (Å²) in [6.07, 6.45) is 2.31. The second-order valence-electron chi connectivity index (χ2n) is 3.84. The molecule has 1 aromatic carbocycles. The molecule has 15 heavy (non-hydrogen) atoms. The average Bonchev–Trinajstić information content (AvgIpc) is 2.18. The lowest BCUT2D eigenvalue weighted by Gasteiger charge is -2.08. The highest BCUT2D eigenvalue weighted by Gasteiger charge is 2.00. The fourth-order valence-corrected chi connectivity index (χ4v) is 2.13. The Kier molecular flexibility index (Phi) is 5.62. The predicted octanol–water partition coefficient (Wildman–Crippen LogP) is 4.37. The van der Waals surface area contributed by atoms with Crippen LogP contribution in [0.2, 0.25) is 0 Å². The van der Waals surface area contributed by atoms with E-state index in [0.717, 1.165) is 18.8 Å². The molecule has 1 rings (SSSR count). The van der Waals surface area contributed by atoms with Gasteiger partial charge in [-0.2, -0.15) is 0 Å². The van der Waals surface area contributed by atoms with Crippen molar-refractivity contribution in [1.29, 1.82) is 0 Å². The summed E-state index contributed by atoms with van der Waals surface area (Å²) in [5, 5.41) is 0.621. The number of hydrogen-bond acceptors (Lipinski definition) is 2. The molecule has 0 aromatic heterocycles. The molecular weight excluding hydrogens is 204 g/mol. The largest absolute Gasteiger partial charge is 0.494 e. The number of ether oxygens (including phenoxy) is 1. The van der Waals surface area contributed by atoms with Crippen LogP contribution in [0.5, 0.6) is 5.75 Å². The maximum absolute atomic E-state index is 5.66. The van der Waals surface area contributed by atoms with Gasteiger partial charge in [-0.25, -0.2) is 0 Å². The minimum atomic E-state index is 0.621. The van der Waals surface area contributed by atoms with Gasteiger partial charge in [0.05, 0.1) is 6.61 Å². The van der Waals surface area contributed by atoms with Gasteiger partial charge in [0.15, 0.2) is 0 Å². The second-order valence-corrected chi connectivity index (χ2v) is 5.49. The quantitative estimate of drug-likeness (QED) is 0.524. The van der Waals surface area contributed by atoms with Crippen molar-refractivity contribution in [2.24, 2.45) is 0 Å². The Bertz CT molecular complexity index is 284. The SMILES string of the molecule is CCCCOc1cccc(SC(C)C)c1. The van der Waals surface area contributed by atoms with E-state index in [9.17, 15) is 0 Å². The summed E-state index contributed by atoms with van der Waals surface area (Å²) < 4.78 is 5.66. The molecule has 0 N–H and O–H groups in total. The number of hydrogen-bond donors (Lipinski definition) is 0. The first-order valence-corrected chi connectivity index (χ1v) is 6.50. The average molecular weight is 224 g/mol. The normalized spacial score (nSPS) is 10.7. The van der Waals surface area contributed by atoms with Gasteiger partial charge < -0.3 is 4.74 Å². The van der Waals surface area contributed by atoms with Gasteiger partial charge in [-0.3, -0.25) is 0 Å². The molecule has 1 aromatic rings. The van der Waals surface area contributed by atoms with E-state index in [1.54, 1.807) is 0 Å². The lowest BCUT2D eigenvalue weighted by molar-refractivity contribution is 0.308. The molecule has 0 saturated heterocycles. The van der Waals surface area contributed by atoms with Crippen LogP contribution in [0.25, 0.3) is 0 Å². The van der Waals surface area contributed by atoms with E-state index < -0.39 is 0 Å². The number of thioether (sulfide) groups is 1. The van der Waals surface area contributed by atoms with Gasteiger partial charge in [0.1, 0.15) is 5.75 Å². The number of rotatable bonds is 6. The molecular formula is C13H20OS. The summed E-state index contributed by atoms with van der Waals surface area (Å²) in [6, 6.07) is 8.35. The molecule has 0 saturated carbocycles. The van der Waals surface area contributed by atoms with E-state index in [0.29, 0.717) is 5.25 Å². The van der Waals surface area contributed by atoms with E-state index in [1.165, 1.54) is 11.3 Å². The molecule has 0 radical (unpaired) electrons. The highest BCUT2D eigenvalue weighted by Crippen LogP contribution is 2.26. The van der Waals surface area contributed by atoms with Crippen LogP contribution in [0.15, 0.2) is 29.2 Å². The molecule has 0 atom stereocenters. The van der Waals surface area contributed by atoms with Crippen molar-refractivity contribution in [3.05, 3.63) is 24.3 Å². The minimum absolute atomic E-state index is 0.621. The van der Waals surface area contributed by atoms with Crippen LogP contribution in [0.3, 0.4) is 0 Å². The molecule has 0 aliphatic carbocycles. The van der Waals surface area contributed by atoms with Crippen LogP contribution in [-0.4, -0.2) is 11.9 Å². The summed E-state index contributed by atoms with van der Waals surface area (Å²) in [5.41, 5.74) is 0. The zero-order valence-corrected chi connectivity index (χ0v) is 10.6. The zero-order chi connectivity index (χ0) is 11.1. The Morgan fingerprint density at radius 2 is 2.13 bits per heavy atom. The van der Waals surface area contributed by atoms with Gasteiger partial charge in [-0.05, 0) is 24.6 Å². The molecule has 0 aliphatic heterocycles. The number of benzene rings is 1. The summed E-state index contributed by atoms with van der Waals surface area (Å²) in [4.78, 5) is 1.29. The van der Waals surface area contributed by atoms with Crippen LogP contribution in [0.1, 0.15) is 33.6 Å². The van der Waals surface area contributed by atoms with Crippen molar-refractivity contribution in [2.75, 3.05) is 6.61 Å². The van der Waals surface area contributed by atoms with E-state index in [4.69, 9.17) is 4.74 Å². The van der Waals surface area contributed by atoms with Gasteiger partial charge in [0.25, 0.3) is 0 Å². The first-order valence-electron chi connectivity index (χ1n) is 5.62. The third-order valence-electron chi connectivity index (χ3n) is 1.94. The molecule has 84 valence electrons. The van der Waals surface area contributed by atoms with Crippen LogP contribution in [0.4, 0.5) is 0 Å². The van der Waals surface area contributed by atoms with Crippen molar-refractivity contribution in [3.8, 4) is 5.75 Å². The maximum atomic E-state index is 5.66. The fourth-order valence-electron chi connectivity index (χ4n) is 1.24. The van der Waals surface area contributed by atoms with Gasteiger partial charge in [-0.15, -0.1) is 11.8 Å². The summed E-state index contributed by atoms with van der Waals surface area (Å²) in [5.74, 6) is 0.995. The summed E-state index contributed by atoms with van der Waals surface area (Å²) >= 11 is 1.87. The van der Waals surface area contributed by atoms with Crippen molar-refractivity contribution in [3.63, 3.8) is 0 Å². The molecule has 2 heteroatoms. The molecule has 0 aliphatic rings. The van der Waals surface area contributed by atoms with Gasteiger partial charge in [0, 0.05) is 10.1 Å². The third kappa shape index (κ3) is 5.12. The van der Waals surface area contributed by atoms with Crippen molar-refractivity contribution < 1.29 is 4.74 Å². The van der Waals surface area contributed by atoms with Crippen LogP contribution in [0, 0.1) is 0 Å². The third-order valence-corrected chi connectivity index (χ3v) is 2.94. The van der Waals surface area contributed by atoms with Crippen molar-refractivity contribution in [2.45, 2.75) is 43.8 Å². The lowest BCUT2D eigenvalue weighted by Crippen LogP contribution is -1.96. The topological polar surface area (TPSA) is 9.23 Å². The smallest absolute Gasteiger partial charge is 0.120 e. The van der Waals surface area contributed by atoms with Gasteiger partial charge >= 0.3 is 0 Å². The Morgan fingerprint density at radius 1 is 1.33 bits per heavy atom. The molecule has 0 bridgehead atoms. The molecule has 0 fully saturated rings. The second kappa shape index (κ2) is 6.78. The predicted molar refractivity (Wildman–Crippen MR) is 67.8 cm³/mol. The van der Waals surface area contributed by atoms with Crippen molar-refractivity contribution >= 4 is 11.8 Å². The Hall–Kier alpha value is -0.630. The first kappa shape index (κ1) is 12.4. The van der Waals surface area contributed by atoms with Gasteiger partial charge in [-0.1, -0.05) is 33.3 Å². The van der Waals surface area contributed by atoms with E-state index in [2.05, 4.69) is 39.0 Å². The Labute approximate surface area is 97.2 Å². The zero-order valence-electron chi connectivity index (χ0n) is 9.82. The minimum Gasteiger partial charge on any atom is -0.494 e. The highest BCUT2D eigenvalue weighted by molar-refractivity contribution is 7.99. The van der Waals surface area contributed by atoms with E-state index in [-0.39, 0.29) is 0 Å². The molecule has 1 nitrogen and oxygen atoms in total. The Balaban J connectivity index is 2.50. The van der Waals surface area contributed by atoms with Crippen molar-refractivity contribution in [1.82, 2.24) is 0 Å². The van der Waals surface area contributed by atoms with Gasteiger partial charge in [0.2, 0.25) is 0 Å². The standard InChI is InChI=1S/C13H20OS/c1-4-5-9-14-12-7-6-8-13(10-12)15-11(2)3/h6-8,10-11H,4-5,9H2,1-3H3. The highest BCUT2D eigenvalue weighted by atomic mass is 32.2. The van der Waals surface area contributed by atoms with E-state index >= 15 is 0 Å². The lowest BCUT2D eigenvalue weighted by atomic mass is 10.3. The summed E-state index contributed by atoms with van der Waals surface area (Å²) in [6.45, 7) is 7.41. The van der Waals surface area contributed by atoms with Crippen LogP contribution in [-0.2, 0) is 0 Å². The molecule has 0 amide bonds. The molecule has 0 spiro atoms. The number of unbranched alkanes of at least 4 members (excludes halogenated alkanes) is 1.